The summed E-state index contributed by atoms with van der Waals surface area (Å²) in [5.41, 5.74) is 8.27. The summed E-state index contributed by atoms with van der Waals surface area (Å²) in [4.78, 5) is 0. The van der Waals surface area contributed by atoms with E-state index in [0.717, 1.165) is 12.0 Å². The number of aryl methyl sites for hydroxylation is 1. The minimum atomic E-state index is -0.282. The molecule has 0 aromatic heterocycles. The van der Waals surface area contributed by atoms with E-state index in [-0.39, 0.29) is 5.54 Å². The van der Waals surface area contributed by atoms with Crippen LogP contribution in [0.15, 0.2) is 36.9 Å². The highest BCUT2D eigenvalue weighted by Gasteiger charge is 2.18. The van der Waals surface area contributed by atoms with Gasteiger partial charge < -0.3 is 5.73 Å². The van der Waals surface area contributed by atoms with Crippen molar-refractivity contribution in [1.29, 1.82) is 0 Å². The van der Waals surface area contributed by atoms with Gasteiger partial charge in [0, 0.05) is 5.54 Å². The van der Waals surface area contributed by atoms with Crippen molar-refractivity contribution in [3.05, 3.63) is 48.0 Å². The van der Waals surface area contributed by atoms with Crippen LogP contribution in [0.4, 0.5) is 0 Å². The number of nitrogens with two attached hydrogens (primary N) is 1. The molecule has 0 amide bonds. The summed E-state index contributed by atoms with van der Waals surface area (Å²) < 4.78 is 0. The molecule has 1 rings (SSSR count). The lowest BCUT2D eigenvalue weighted by atomic mass is 9.89. The minimum Gasteiger partial charge on any atom is -0.321 e. The van der Waals surface area contributed by atoms with Crippen molar-refractivity contribution in [3.8, 4) is 0 Å². The normalized spacial score (nSPS) is 15.0. The van der Waals surface area contributed by atoms with Crippen LogP contribution in [0.2, 0.25) is 0 Å². The van der Waals surface area contributed by atoms with Crippen molar-refractivity contribution in [2.45, 2.75) is 25.8 Å². The molecule has 0 fully saturated rings. The zero-order valence-electron chi connectivity index (χ0n) is 8.38. The summed E-state index contributed by atoms with van der Waals surface area (Å²) in [5, 5.41) is 0. The molecule has 0 aliphatic heterocycles. The van der Waals surface area contributed by atoms with Gasteiger partial charge in [-0.15, -0.1) is 6.58 Å². The van der Waals surface area contributed by atoms with Gasteiger partial charge in [0.2, 0.25) is 0 Å². The van der Waals surface area contributed by atoms with E-state index >= 15 is 0 Å². The largest absolute Gasteiger partial charge is 0.321 e. The third-order valence-electron chi connectivity index (χ3n) is 2.28. The Hall–Kier alpha value is -1.08. The van der Waals surface area contributed by atoms with E-state index in [2.05, 4.69) is 37.8 Å². The molecule has 70 valence electrons. The molecule has 1 atom stereocenters. The van der Waals surface area contributed by atoms with Gasteiger partial charge in [0.25, 0.3) is 0 Å². The highest BCUT2D eigenvalue weighted by atomic mass is 14.7. The molecule has 1 unspecified atom stereocenters. The maximum absolute atomic E-state index is 6.13. The fourth-order valence-corrected chi connectivity index (χ4v) is 1.35. The zero-order valence-corrected chi connectivity index (χ0v) is 8.38. The predicted molar refractivity (Wildman–Crippen MR) is 57.5 cm³/mol. The van der Waals surface area contributed by atoms with E-state index < -0.39 is 0 Å². The first-order valence-electron chi connectivity index (χ1n) is 4.53. The Kier molecular flexibility index (Phi) is 2.89. The molecule has 13 heavy (non-hydrogen) atoms. The molecule has 1 aromatic carbocycles. The molecule has 0 aliphatic carbocycles. The van der Waals surface area contributed by atoms with E-state index in [0.29, 0.717) is 0 Å². The van der Waals surface area contributed by atoms with Gasteiger partial charge >= 0.3 is 0 Å². The summed E-state index contributed by atoms with van der Waals surface area (Å²) >= 11 is 0. The highest BCUT2D eigenvalue weighted by Crippen LogP contribution is 2.21. The average molecular weight is 175 g/mol. The van der Waals surface area contributed by atoms with Crippen LogP contribution in [0.3, 0.4) is 0 Å². The molecule has 0 spiro atoms. The summed E-state index contributed by atoms with van der Waals surface area (Å²) in [5.74, 6) is 0. The molecule has 0 bridgehead atoms. The van der Waals surface area contributed by atoms with Crippen molar-refractivity contribution in [3.63, 3.8) is 0 Å². The topological polar surface area (TPSA) is 26.0 Å². The molecule has 0 aliphatic rings. The zero-order chi connectivity index (χ0) is 9.90. The van der Waals surface area contributed by atoms with Crippen molar-refractivity contribution in [2.24, 2.45) is 5.73 Å². The van der Waals surface area contributed by atoms with Gasteiger partial charge in [0.05, 0.1) is 0 Å². The van der Waals surface area contributed by atoms with Gasteiger partial charge in [-0.25, -0.2) is 0 Å². The van der Waals surface area contributed by atoms with Crippen LogP contribution in [-0.4, -0.2) is 0 Å². The maximum atomic E-state index is 6.13. The highest BCUT2D eigenvalue weighted by molar-refractivity contribution is 5.27. The Morgan fingerprint density at radius 3 is 2.38 bits per heavy atom. The molecular weight excluding hydrogens is 158 g/mol. The Labute approximate surface area is 80.3 Å². The Morgan fingerprint density at radius 1 is 1.38 bits per heavy atom. The lowest BCUT2D eigenvalue weighted by Crippen LogP contribution is -2.32. The van der Waals surface area contributed by atoms with Crippen molar-refractivity contribution >= 4 is 0 Å². The standard InChI is InChI=1S/C12H17N/c1-4-9-12(3,13)11-7-5-10(2)6-8-11/h4-8H,1,9,13H2,2-3H3. The van der Waals surface area contributed by atoms with Gasteiger partial charge in [-0.2, -0.15) is 0 Å². The van der Waals surface area contributed by atoms with Crippen LogP contribution < -0.4 is 5.73 Å². The van der Waals surface area contributed by atoms with Gasteiger partial charge in [0.1, 0.15) is 0 Å². The number of hydrogen-bond donors (Lipinski definition) is 1. The summed E-state index contributed by atoms with van der Waals surface area (Å²) in [6.07, 6.45) is 2.66. The second-order valence-electron chi connectivity index (χ2n) is 3.78. The molecule has 0 saturated heterocycles. The first-order chi connectivity index (χ1) is 6.06. The van der Waals surface area contributed by atoms with E-state index in [1.54, 1.807) is 0 Å². The quantitative estimate of drug-likeness (QED) is 0.702. The smallest absolute Gasteiger partial charge is 0.0415 e. The first-order valence-corrected chi connectivity index (χ1v) is 4.53. The molecule has 0 radical (unpaired) electrons. The van der Waals surface area contributed by atoms with Crippen LogP contribution in [0, 0.1) is 6.92 Å². The predicted octanol–water partition coefficient (Wildman–Crippen LogP) is 2.75. The number of rotatable bonds is 3. The van der Waals surface area contributed by atoms with Crippen LogP contribution in [-0.2, 0) is 5.54 Å². The SMILES string of the molecule is C=CCC(C)(N)c1ccc(C)cc1. The molecule has 1 heteroatoms. The second-order valence-corrected chi connectivity index (χ2v) is 3.78. The van der Waals surface area contributed by atoms with Gasteiger partial charge in [0.15, 0.2) is 0 Å². The first kappa shape index (κ1) is 10.0. The monoisotopic (exact) mass is 175 g/mol. The lowest BCUT2D eigenvalue weighted by Gasteiger charge is -2.23. The van der Waals surface area contributed by atoms with E-state index in [1.165, 1.54) is 5.56 Å². The Bertz CT molecular complexity index is 282. The van der Waals surface area contributed by atoms with E-state index in [9.17, 15) is 0 Å². The van der Waals surface area contributed by atoms with Gasteiger partial charge in [-0.1, -0.05) is 35.9 Å². The van der Waals surface area contributed by atoms with Crippen molar-refractivity contribution in [1.82, 2.24) is 0 Å². The van der Waals surface area contributed by atoms with Crippen LogP contribution >= 0.6 is 0 Å². The van der Waals surface area contributed by atoms with Crippen molar-refractivity contribution < 1.29 is 0 Å². The summed E-state index contributed by atoms with van der Waals surface area (Å²) in [6.45, 7) is 7.81. The van der Waals surface area contributed by atoms with E-state index in [1.807, 2.05) is 13.0 Å². The third-order valence-corrected chi connectivity index (χ3v) is 2.28. The van der Waals surface area contributed by atoms with Gasteiger partial charge in [-0.05, 0) is 25.8 Å². The maximum Gasteiger partial charge on any atom is 0.0415 e. The second kappa shape index (κ2) is 3.75. The Morgan fingerprint density at radius 2 is 1.92 bits per heavy atom. The summed E-state index contributed by atoms with van der Waals surface area (Å²) in [6, 6.07) is 8.34. The minimum absolute atomic E-state index is 0.282. The van der Waals surface area contributed by atoms with Gasteiger partial charge in [-0.3, -0.25) is 0 Å². The molecule has 2 N–H and O–H groups in total. The Balaban J connectivity index is 2.93. The molecular formula is C12H17N. The van der Waals surface area contributed by atoms with Crippen LogP contribution in [0.25, 0.3) is 0 Å². The van der Waals surface area contributed by atoms with Crippen LogP contribution in [0.5, 0.6) is 0 Å². The number of benzene rings is 1. The van der Waals surface area contributed by atoms with E-state index in [4.69, 9.17) is 5.73 Å². The molecule has 0 saturated carbocycles. The van der Waals surface area contributed by atoms with Crippen molar-refractivity contribution in [2.75, 3.05) is 0 Å². The molecule has 1 nitrogen and oxygen atoms in total. The third kappa shape index (κ3) is 2.43. The summed E-state index contributed by atoms with van der Waals surface area (Å²) in [7, 11) is 0. The fourth-order valence-electron chi connectivity index (χ4n) is 1.35. The van der Waals surface area contributed by atoms with Crippen LogP contribution in [0.1, 0.15) is 24.5 Å². The number of hydrogen-bond acceptors (Lipinski definition) is 1. The molecule has 0 heterocycles. The average Bonchev–Trinajstić information content (AvgIpc) is 2.05. The molecule has 1 aromatic rings. The lowest BCUT2D eigenvalue weighted by molar-refractivity contribution is 0.502. The fraction of sp³-hybridized carbons (Fsp3) is 0.333.